The number of imidazole rings is 1. The largest absolute Gasteiger partial charge is 0.351 e. The van der Waals surface area contributed by atoms with Crippen LogP contribution in [-0.2, 0) is 15.2 Å². The van der Waals surface area contributed by atoms with Gasteiger partial charge in [0.05, 0.1) is 18.6 Å². The molecule has 0 aliphatic rings. The molecule has 1 aromatic rings. The summed E-state index contributed by atoms with van der Waals surface area (Å²) in [5.74, 6) is 0. The second-order valence-electron chi connectivity index (χ2n) is 3.20. The van der Waals surface area contributed by atoms with Crippen LogP contribution in [0.1, 0.15) is 30.2 Å². The Morgan fingerprint density at radius 2 is 2.20 bits per heavy atom. The van der Waals surface area contributed by atoms with Crippen LogP contribution in [0.15, 0.2) is 12.5 Å². The third-order valence-electron chi connectivity index (χ3n) is 2.07. The Hall–Kier alpha value is -0.920. The first-order valence-electron chi connectivity index (χ1n) is 4.59. The van der Waals surface area contributed by atoms with Crippen LogP contribution in [0.25, 0.3) is 0 Å². The standard InChI is InChI=1S/C8H13N2O4S/c11-4-2-1-3-8(15(12,13)14)7-5-9-6-10-7/h5-6,8H,1-4H2,(H,9,10)(H,12,13,14). The molecule has 0 spiro atoms. The minimum Gasteiger partial charge on any atom is -0.351 e. The van der Waals surface area contributed by atoms with Crippen molar-refractivity contribution in [3.63, 3.8) is 0 Å². The van der Waals surface area contributed by atoms with Gasteiger partial charge in [-0.3, -0.25) is 4.55 Å². The van der Waals surface area contributed by atoms with Gasteiger partial charge in [-0.2, -0.15) is 8.42 Å². The van der Waals surface area contributed by atoms with Gasteiger partial charge in [0.15, 0.2) is 0 Å². The van der Waals surface area contributed by atoms with E-state index in [0.29, 0.717) is 12.8 Å². The maximum atomic E-state index is 11.0. The van der Waals surface area contributed by atoms with E-state index in [2.05, 4.69) is 9.97 Å². The summed E-state index contributed by atoms with van der Waals surface area (Å²) < 4.78 is 31.1. The van der Waals surface area contributed by atoms with E-state index in [1.807, 2.05) is 0 Å². The number of hydrogen-bond donors (Lipinski definition) is 2. The van der Waals surface area contributed by atoms with Gasteiger partial charge in [0.25, 0.3) is 10.1 Å². The van der Waals surface area contributed by atoms with Gasteiger partial charge in [0.2, 0.25) is 0 Å². The highest BCUT2D eigenvalue weighted by Gasteiger charge is 2.26. The molecule has 0 aliphatic heterocycles. The fourth-order valence-corrected chi connectivity index (χ4v) is 2.23. The molecule has 1 radical (unpaired) electrons. The molecule has 0 fully saturated rings. The zero-order valence-corrected chi connectivity index (χ0v) is 8.90. The lowest BCUT2D eigenvalue weighted by Crippen LogP contribution is -2.12. The predicted octanol–water partition coefficient (Wildman–Crippen LogP) is 0.939. The molecule has 0 aromatic carbocycles. The van der Waals surface area contributed by atoms with E-state index in [0.717, 1.165) is 0 Å². The van der Waals surface area contributed by atoms with Crippen LogP contribution >= 0.6 is 0 Å². The predicted molar refractivity (Wildman–Crippen MR) is 52.3 cm³/mol. The van der Waals surface area contributed by atoms with Crippen molar-refractivity contribution >= 4 is 10.1 Å². The van der Waals surface area contributed by atoms with E-state index in [1.165, 1.54) is 12.5 Å². The quantitative estimate of drug-likeness (QED) is 0.563. The van der Waals surface area contributed by atoms with Crippen LogP contribution in [0.2, 0.25) is 0 Å². The number of hydrogen-bond acceptors (Lipinski definition) is 3. The molecule has 1 heterocycles. The normalized spacial score (nSPS) is 14.0. The molecule has 1 rings (SSSR count). The van der Waals surface area contributed by atoms with E-state index in [1.54, 1.807) is 0 Å². The average Bonchev–Trinajstić information content (AvgIpc) is 2.63. The van der Waals surface area contributed by atoms with Gasteiger partial charge < -0.3 is 4.98 Å². The van der Waals surface area contributed by atoms with Crippen LogP contribution in [-0.4, -0.2) is 29.5 Å². The van der Waals surface area contributed by atoms with Crippen LogP contribution in [0.5, 0.6) is 0 Å². The number of nitrogens with zero attached hydrogens (tertiary/aromatic N) is 1. The Morgan fingerprint density at radius 1 is 1.47 bits per heavy atom. The number of aromatic amines is 1. The van der Waals surface area contributed by atoms with Gasteiger partial charge in [-0.05, 0) is 19.3 Å². The first kappa shape index (κ1) is 12.2. The molecule has 0 amide bonds. The van der Waals surface area contributed by atoms with Crippen molar-refractivity contribution in [3.05, 3.63) is 18.2 Å². The second kappa shape index (κ2) is 5.24. The van der Waals surface area contributed by atoms with Crippen LogP contribution in [0, 0.1) is 0 Å². The summed E-state index contributed by atoms with van der Waals surface area (Å²) in [6, 6.07) is 0. The summed E-state index contributed by atoms with van der Waals surface area (Å²) in [4.78, 5) is 6.41. The van der Waals surface area contributed by atoms with Crippen molar-refractivity contribution in [2.75, 3.05) is 6.61 Å². The molecule has 1 atom stereocenters. The molecule has 0 aliphatic carbocycles. The van der Waals surface area contributed by atoms with Gasteiger partial charge in [-0.15, -0.1) is 0 Å². The average molecular weight is 233 g/mol. The fraction of sp³-hybridized carbons (Fsp3) is 0.625. The van der Waals surface area contributed by atoms with Gasteiger partial charge in [0.1, 0.15) is 5.25 Å². The molecular weight excluding hydrogens is 220 g/mol. The van der Waals surface area contributed by atoms with Crippen molar-refractivity contribution in [1.29, 1.82) is 0 Å². The van der Waals surface area contributed by atoms with E-state index in [-0.39, 0.29) is 18.7 Å². The molecule has 0 bridgehead atoms. The highest BCUT2D eigenvalue weighted by Crippen LogP contribution is 2.24. The minimum absolute atomic E-state index is 0.214. The van der Waals surface area contributed by atoms with Gasteiger partial charge >= 0.3 is 0 Å². The summed E-state index contributed by atoms with van der Waals surface area (Å²) in [6.07, 6.45) is 3.85. The topological polar surface area (TPSA) is 103 Å². The third kappa shape index (κ3) is 3.61. The molecule has 0 saturated carbocycles. The molecule has 85 valence electrons. The van der Waals surface area contributed by atoms with Crippen molar-refractivity contribution in [2.45, 2.75) is 24.5 Å². The fourth-order valence-electron chi connectivity index (χ4n) is 1.33. The summed E-state index contributed by atoms with van der Waals surface area (Å²) in [5.41, 5.74) is 0.281. The number of nitrogens with one attached hydrogen (secondary N) is 1. The summed E-state index contributed by atoms with van der Waals surface area (Å²) >= 11 is 0. The SMILES string of the molecule is [O]CCCCC(c1c[nH]cn1)S(=O)(=O)O. The van der Waals surface area contributed by atoms with E-state index >= 15 is 0 Å². The van der Waals surface area contributed by atoms with Crippen molar-refractivity contribution in [2.24, 2.45) is 0 Å². The second-order valence-corrected chi connectivity index (χ2v) is 4.80. The zero-order chi connectivity index (χ0) is 11.3. The van der Waals surface area contributed by atoms with Gasteiger partial charge in [-0.25, -0.2) is 10.1 Å². The lowest BCUT2D eigenvalue weighted by Gasteiger charge is -2.10. The maximum Gasteiger partial charge on any atom is 0.273 e. The lowest BCUT2D eigenvalue weighted by molar-refractivity contribution is 0.186. The summed E-state index contributed by atoms with van der Waals surface area (Å²) in [6.45, 7) is -0.237. The Kier molecular flexibility index (Phi) is 4.25. The Balaban J connectivity index is 2.72. The van der Waals surface area contributed by atoms with Crippen LogP contribution in [0.3, 0.4) is 0 Å². The molecule has 0 saturated heterocycles. The van der Waals surface area contributed by atoms with Crippen molar-refractivity contribution < 1.29 is 18.1 Å². The molecular formula is C8H13N2O4S. The van der Waals surface area contributed by atoms with E-state index in [9.17, 15) is 13.5 Å². The van der Waals surface area contributed by atoms with Crippen molar-refractivity contribution in [1.82, 2.24) is 9.97 Å². The molecule has 1 unspecified atom stereocenters. The minimum atomic E-state index is -4.15. The van der Waals surface area contributed by atoms with Crippen LogP contribution in [0.4, 0.5) is 0 Å². The molecule has 2 N–H and O–H groups in total. The van der Waals surface area contributed by atoms with E-state index < -0.39 is 15.4 Å². The number of aromatic nitrogens is 2. The highest BCUT2D eigenvalue weighted by molar-refractivity contribution is 7.86. The molecule has 6 nitrogen and oxygen atoms in total. The Labute approximate surface area is 88.1 Å². The smallest absolute Gasteiger partial charge is 0.273 e. The van der Waals surface area contributed by atoms with Crippen LogP contribution < -0.4 is 0 Å². The number of H-pyrrole nitrogens is 1. The van der Waals surface area contributed by atoms with Crippen molar-refractivity contribution in [3.8, 4) is 0 Å². The summed E-state index contributed by atoms with van der Waals surface area (Å²) in [5, 5.41) is 9.18. The Bertz CT molecular complexity index is 373. The molecule has 15 heavy (non-hydrogen) atoms. The molecule has 1 aromatic heterocycles. The van der Waals surface area contributed by atoms with Gasteiger partial charge in [0, 0.05) is 6.20 Å². The van der Waals surface area contributed by atoms with Gasteiger partial charge in [-0.1, -0.05) is 0 Å². The first-order valence-corrected chi connectivity index (χ1v) is 6.09. The molecule has 7 heteroatoms. The summed E-state index contributed by atoms with van der Waals surface area (Å²) in [7, 11) is -4.15. The monoisotopic (exact) mass is 233 g/mol. The first-order chi connectivity index (χ1) is 7.05. The zero-order valence-electron chi connectivity index (χ0n) is 8.09. The maximum absolute atomic E-state index is 11.0. The number of unbranched alkanes of at least 4 members (excludes halogenated alkanes) is 1. The highest BCUT2D eigenvalue weighted by atomic mass is 32.2. The lowest BCUT2D eigenvalue weighted by atomic mass is 10.1. The third-order valence-corrected chi connectivity index (χ3v) is 3.27. The number of rotatable bonds is 6. The Morgan fingerprint density at radius 3 is 2.67 bits per heavy atom. The van der Waals surface area contributed by atoms with E-state index in [4.69, 9.17) is 4.55 Å².